The van der Waals surface area contributed by atoms with E-state index in [2.05, 4.69) is 19.7 Å². The molecule has 0 unspecified atom stereocenters. The van der Waals surface area contributed by atoms with Gasteiger partial charge in [0.25, 0.3) is 0 Å². The first-order valence-corrected chi connectivity index (χ1v) is 1.84. The van der Waals surface area contributed by atoms with Gasteiger partial charge in [-0.2, -0.15) is 0 Å². The Labute approximate surface area is 42.7 Å². The van der Waals surface area contributed by atoms with Crippen molar-refractivity contribution in [2.75, 3.05) is 0 Å². The smallest absolute Gasteiger partial charge is 0.122 e. The molecule has 0 aromatic rings. The van der Waals surface area contributed by atoms with E-state index in [9.17, 15) is 4.39 Å². The summed E-state index contributed by atoms with van der Waals surface area (Å²) >= 11 is 0. The second-order valence-corrected chi connectivity index (χ2v) is 1.13. The van der Waals surface area contributed by atoms with Crippen LogP contribution in [-0.4, -0.2) is 0 Å². The molecule has 0 aliphatic heterocycles. The normalized spacial score (nSPS) is 7.57. The minimum atomic E-state index is -0.519. The van der Waals surface area contributed by atoms with E-state index in [4.69, 9.17) is 0 Å². The van der Waals surface area contributed by atoms with E-state index in [1.807, 2.05) is 0 Å². The molecule has 0 rings (SSSR count). The van der Waals surface area contributed by atoms with E-state index < -0.39 is 5.83 Å². The van der Waals surface area contributed by atoms with Crippen molar-refractivity contribution in [2.45, 2.75) is 0 Å². The van der Waals surface area contributed by atoms with E-state index in [1.54, 1.807) is 0 Å². The van der Waals surface area contributed by atoms with Crippen LogP contribution in [0.15, 0.2) is 37.2 Å². The van der Waals surface area contributed by atoms with E-state index >= 15 is 0 Å². The van der Waals surface area contributed by atoms with Crippen LogP contribution in [0.5, 0.6) is 0 Å². The van der Waals surface area contributed by atoms with E-state index in [0.29, 0.717) is 0 Å². The van der Waals surface area contributed by atoms with Crippen molar-refractivity contribution in [2.24, 2.45) is 0 Å². The molecule has 0 N–H and O–H groups in total. The van der Waals surface area contributed by atoms with Crippen molar-refractivity contribution in [3.05, 3.63) is 37.2 Å². The summed E-state index contributed by atoms with van der Waals surface area (Å²) in [5, 5.41) is 0. The molecule has 0 aliphatic rings. The molecule has 7 heavy (non-hydrogen) atoms. The van der Waals surface area contributed by atoms with Crippen molar-refractivity contribution in [1.82, 2.24) is 0 Å². The third kappa shape index (κ3) is 1.93. The predicted octanol–water partition coefficient (Wildman–Crippen LogP) is 2.21. The van der Waals surface area contributed by atoms with Crippen LogP contribution in [-0.2, 0) is 0 Å². The summed E-state index contributed by atoms with van der Waals surface area (Å²) < 4.78 is 11.7. The summed E-state index contributed by atoms with van der Waals surface area (Å²) in [5.41, 5.74) is 0.250. The number of halogens is 1. The SMILES string of the molecule is C=CC(=C)C(=C)F. The van der Waals surface area contributed by atoms with Gasteiger partial charge in [0.1, 0.15) is 5.83 Å². The number of allylic oxidation sites excluding steroid dienone is 3. The van der Waals surface area contributed by atoms with Gasteiger partial charge in [0, 0.05) is 5.57 Å². The van der Waals surface area contributed by atoms with Crippen molar-refractivity contribution < 1.29 is 4.39 Å². The fraction of sp³-hybridized carbons (Fsp3) is 0. The van der Waals surface area contributed by atoms with Crippen molar-refractivity contribution in [3.63, 3.8) is 0 Å². The highest BCUT2D eigenvalue weighted by atomic mass is 19.1. The van der Waals surface area contributed by atoms with Crippen LogP contribution in [0.2, 0.25) is 0 Å². The van der Waals surface area contributed by atoms with Crippen LogP contribution in [0.3, 0.4) is 0 Å². The molecular weight excluding hydrogens is 91.1 g/mol. The Morgan fingerprint density at radius 1 is 1.43 bits per heavy atom. The molecule has 0 heterocycles. The Morgan fingerprint density at radius 2 is 1.86 bits per heavy atom. The maximum atomic E-state index is 11.7. The zero-order valence-corrected chi connectivity index (χ0v) is 4.08. The number of hydrogen-bond donors (Lipinski definition) is 0. The molecule has 0 fully saturated rings. The molecule has 0 atom stereocenters. The van der Waals surface area contributed by atoms with E-state index in [-0.39, 0.29) is 5.57 Å². The van der Waals surface area contributed by atoms with Crippen LogP contribution in [0.4, 0.5) is 4.39 Å². The molecular formula is C6H7F. The van der Waals surface area contributed by atoms with Crippen LogP contribution in [0, 0.1) is 0 Å². The van der Waals surface area contributed by atoms with Gasteiger partial charge in [-0.05, 0) is 0 Å². The lowest BCUT2D eigenvalue weighted by atomic mass is 10.3. The second-order valence-electron chi connectivity index (χ2n) is 1.13. The first kappa shape index (κ1) is 6.15. The zero-order valence-electron chi connectivity index (χ0n) is 4.08. The Morgan fingerprint density at radius 3 is 1.86 bits per heavy atom. The van der Waals surface area contributed by atoms with Crippen LogP contribution < -0.4 is 0 Å². The minimum Gasteiger partial charge on any atom is -0.207 e. The Balaban J connectivity index is 3.81. The Bertz CT molecular complexity index is 111. The lowest BCUT2D eigenvalue weighted by molar-refractivity contribution is 0.662. The van der Waals surface area contributed by atoms with Gasteiger partial charge < -0.3 is 0 Å². The molecule has 0 aliphatic carbocycles. The molecule has 38 valence electrons. The average molecular weight is 98.1 g/mol. The lowest BCUT2D eigenvalue weighted by Gasteiger charge is -1.86. The fourth-order valence-corrected chi connectivity index (χ4v) is 0.111. The summed E-state index contributed by atoms with van der Waals surface area (Å²) in [6.45, 7) is 9.55. The van der Waals surface area contributed by atoms with Crippen LogP contribution in [0.1, 0.15) is 0 Å². The summed E-state index contributed by atoms with van der Waals surface area (Å²) in [6.07, 6.45) is 1.32. The largest absolute Gasteiger partial charge is 0.207 e. The molecule has 0 radical (unpaired) electrons. The zero-order chi connectivity index (χ0) is 5.86. The fourth-order valence-electron chi connectivity index (χ4n) is 0.111. The van der Waals surface area contributed by atoms with Crippen LogP contribution >= 0.6 is 0 Å². The highest BCUT2D eigenvalue weighted by molar-refractivity contribution is 5.28. The first-order chi connectivity index (χ1) is 3.18. The molecule has 0 amide bonds. The van der Waals surface area contributed by atoms with Gasteiger partial charge in [0.2, 0.25) is 0 Å². The van der Waals surface area contributed by atoms with Gasteiger partial charge in [-0.1, -0.05) is 25.8 Å². The average Bonchev–Trinajstić information content (AvgIpc) is 1.65. The Hall–Kier alpha value is -0.850. The van der Waals surface area contributed by atoms with Crippen molar-refractivity contribution >= 4 is 0 Å². The first-order valence-electron chi connectivity index (χ1n) is 1.84. The van der Waals surface area contributed by atoms with Crippen molar-refractivity contribution in [3.8, 4) is 0 Å². The van der Waals surface area contributed by atoms with Gasteiger partial charge in [0.05, 0.1) is 0 Å². The highest BCUT2D eigenvalue weighted by Gasteiger charge is 1.86. The van der Waals surface area contributed by atoms with E-state index in [0.717, 1.165) is 0 Å². The standard InChI is InChI=1S/C6H7F/c1-4-5(2)6(3)7/h4H,1-3H2. The summed E-state index contributed by atoms with van der Waals surface area (Å²) in [5.74, 6) is -0.519. The van der Waals surface area contributed by atoms with Crippen LogP contribution in [0.25, 0.3) is 0 Å². The highest BCUT2D eigenvalue weighted by Crippen LogP contribution is 2.04. The maximum Gasteiger partial charge on any atom is 0.122 e. The monoisotopic (exact) mass is 98.1 g/mol. The van der Waals surface area contributed by atoms with E-state index in [1.165, 1.54) is 6.08 Å². The van der Waals surface area contributed by atoms with Crippen molar-refractivity contribution in [1.29, 1.82) is 0 Å². The molecule has 0 spiro atoms. The third-order valence-electron chi connectivity index (χ3n) is 0.595. The molecule has 0 bridgehead atoms. The van der Waals surface area contributed by atoms with Gasteiger partial charge in [-0.15, -0.1) is 0 Å². The molecule has 0 aromatic carbocycles. The Kier molecular flexibility index (Phi) is 2.06. The summed E-state index contributed by atoms with van der Waals surface area (Å²) in [4.78, 5) is 0. The third-order valence-corrected chi connectivity index (χ3v) is 0.595. The van der Waals surface area contributed by atoms with Gasteiger partial charge >= 0.3 is 0 Å². The molecule has 0 saturated carbocycles. The molecule has 1 heteroatoms. The van der Waals surface area contributed by atoms with Gasteiger partial charge in [-0.3, -0.25) is 0 Å². The number of rotatable bonds is 2. The maximum absolute atomic E-state index is 11.7. The second kappa shape index (κ2) is 2.35. The minimum absolute atomic E-state index is 0.250. The quantitative estimate of drug-likeness (QED) is 0.464. The summed E-state index contributed by atoms with van der Waals surface area (Å²) in [7, 11) is 0. The number of hydrogen-bond acceptors (Lipinski definition) is 0. The van der Waals surface area contributed by atoms with Gasteiger partial charge in [0.15, 0.2) is 0 Å². The summed E-state index contributed by atoms with van der Waals surface area (Å²) in [6, 6.07) is 0. The molecule has 0 saturated heterocycles. The molecule has 0 aromatic heterocycles. The van der Waals surface area contributed by atoms with Gasteiger partial charge in [-0.25, -0.2) is 4.39 Å². The lowest BCUT2D eigenvalue weighted by Crippen LogP contribution is -1.68. The molecule has 0 nitrogen and oxygen atoms in total. The topological polar surface area (TPSA) is 0 Å². The predicted molar refractivity (Wildman–Crippen MR) is 29.6 cm³/mol.